The third-order valence-corrected chi connectivity index (χ3v) is 5.50. The molecule has 0 saturated heterocycles. The molecule has 0 aliphatic carbocycles. The molecule has 5 nitrogen and oxygen atoms in total. The minimum absolute atomic E-state index is 0.326. The van der Waals surface area contributed by atoms with Crippen molar-refractivity contribution in [3.63, 3.8) is 0 Å². The maximum Gasteiger partial charge on any atom is 0.300 e. The average Bonchev–Trinajstić information content (AvgIpc) is 3.08. The lowest BCUT2D eigenvalue weighted by Gasteiger charge is -2.01. The molecular formula is C17H18N4OS2. The predicted octanol–water partition coefficient (Wildman–Crippen LogP) is 3.39. The van der Waals surface area contributed by atoms with E-state index in [0.717, 1.165) is 15.9 Å². The van der Waals surface area contributed by atoms with Crippen LogP contribution in [0.15, 0.2) is 46.8 Å². The van der Waals surface area contributed by atoms with Gasteiger partial charge in [-0.25, -0.2) is 0 Å². The number of carbonyl (C=O) groups is 1. The fourth-order valence-electron chi connectivity index (χ4n) is 2.38. The highest BCUT2D eigenvalue weighted by Crippen LogP contribution is 2.24. The molecule has 2 aromatic heterocycles. The molecule has 0 aliphatic heterocycles. The highest BCUT2D eigenvalue weighted by molar-refractivity contribution is 7.98. The quantitative estimate of drug-likeness (QED) is 0.531. The number of aryl methyl sites for hydroxylation is 2. The lowest BCUT2D eigenvalue weighted by molar-refractivity contribution is 0.0992. The molecule has 1 amide bonds. The first-order chi connectivity index (χ1) is 11.5. The van der Waals surface area contributed by atoms with Crippen LogP contribution in [0.25, 0.3) is 10.2 Å². The van der Waals surface area contributed by atoms with Crippen LogP contribution in [-0.2, 0) is 13.6 Å². The van der Waals surface area contributed by atoms with Crippen LogP contribution in [0.2, 0.25) is 0 Å². The Hall–Kier alpha value is -2.12. The second kappa shape index (κ2) is 6.78. The van der Waals surface area contributed by atoms with Gasteiger partial charge in [0, 0.05) is 24.2 Å². The van der Waals surface area contributed by atoms with Crippen molar-refractivity contribution in [2.75, 3.05) is 6.26 Å². The summed E-state index contributed by atoms with van der Waals surface area (Å²) in [7, 11) is 1.81. The molecular weight excluding hydrogens is 340 g/mol. The normalized spacial score (nSPS) is 12.0. The van der Waals surface area contributed by atoms with E-state index in [0.29, 0.717) is 17.0 Å². The number of hydrogen-bond acceptors (Lipinski definition) is 4. The number of allylic oxidation sites excluding steroid dienone is 1. The maximum atomic E-state index is 12.5. The van der Waals surface area contributed by atoms with Crippen molar-refractivity contribution < 1.29 is 4.79 Å². The highest BCUT2D eigenvalue weighted by Gasteiger charge is 2.12. The minimum atomic E-state index is -0.326. The smallest absolute Gasteiger partial charge is 0.300 e. The van der Waals surface area contributed by atoms with Crippen molar-refractivity contribution in [1.82, 2.24) is 14.3 Å². The van der Waals surface area contributed by atoms with Crippen molar-refractivity contribution in [3.8, 4) is 0 Å². The van der Waals surface area contributed by atoms with Crippen molar-refractivity contribution in [2.24, 2.45) is 12.0 Å². The van der Waals surface area contributed by atoms with Crippen LogP contribution in [0.3, 0.4) is 0 Å². The van der Waals surface area contributed by atoms with Crippen LogP contribution in [0.4, 0.5) is 0 Å². The molecule has 0 spiro atoms. The summed E-state index contributed by atoms with van der Waals surface area (Å²) in [5, 5.41) is 4.21. The topological polar surface area (TPSA) is 52.2 Å². The molecule has 3 aromatic rings. The van der Waals surface area contributed by atoms with Gasteiger partial charge in [0.15, 0.2) is 10.5 Å². The molecule has 0 unspecified atom stereocenters. The Morgan fingerprint density at radius 2 is 2.25 bits per heavy atom. The Balaban J connectivity index is 2.14. The van der Waals surface area contributed by atoms with Crippen molar-refractivity contribution in [2.45, 2.75) is 18.4 Å². The number of benzene rings is 1. The van der Waals surface area contributed by atoms with Gasteiger partial charge in [0.2, 0.25) is 0 Å². The third kappa shape index (κ3) is 3.09. The molecule has 0 aliphatic rings. The number of nitrogens with zero attached hydrogens (tertiary/aromatic N) is 4. The van der Waals surface area contributed by atoms with Crippen molar-refractivity contribution in [1.29, 1.82) is 0 Å². The summed E-state index contributed by atoms with van der Waals surface area (Å²) in [5.74, 6) is -0.326. The van der Waals surface area contributed by atoms with E-state index < -0.39 is 0 Å². The lowest BCUT2D eigenvalue weighted by atomic mass is 10.3. The van der Waals surface area contributed by atoms with E-state index >= 15 is 0 Å². The standard InChI is InChI=1S/C17H18N4OS2/c1-5-8-21-14-7-6-12(23-4)10-15(14)24-17(21)18-16(22)13-9-11(2)20(3)19-13/h5-7,9-10H,1,8H2,2-4H3. The Kier molecular flexibility index (Phi) is 4.73. The number of thiazole rings is 1. The van der Waals surface area contributed by atoms with Crippen LogP contribution in [-0.4, -0.2) is 26.5 Å². The van der Waals surface area contributed by atoms with Gasteiger partial charge >= 0.3 is 0 Å². The number of carbonyl (C=O) groups excluding carboxylic acids is 1. The van der Waals surface area contributed by atoms with Crippen LogP contribution in [0.5, 0.6) is 0 Å². The molecule has 7 heteroatoms. The SMILES string of the molecule is C=CCn1c(=NC(=O)c2cc(C)n(C)n2)sc2cc(SC)ccc21. The summed E-state index contributed by atoms with van der Waals surface area (Å²) in [4.78, 5) is 18.6. The molecule has 24 heavy (non-hydrogen) atoms. The summed E-state index contributed by atoms with van der Waals surface area (Å²) < 4.78 is 4.79. The first-order valence-electron chi connectivity index (χ1n) is 7.41. The zero-order chi connectivity index (χ0) is 17.3. The summed E-state index contributed by atoms with van der Waals surface area (Å²) in [5.41, 5.74) is 2.34. The molecule has 0 atom stereocenters. The second-order valence-electron chi connectivity index (χ2n) is 5.33. The van der Waals surface area contributed by atoms with E-state index in [-0.39, 0.29) is 5.91 Å². The molecule has 0 radical (unpaired) electrons. The second-order valence-corrected chi connectivity index (χ2v) is 7.22. The van der Waals surface area contributed by atoms with E-state index in [1.54, 1.807) is 22.5 Å². The van der Waals surface area contributed by atoms with E-state index in [1.807, 2.05) is 30.9 Å². The zero-order valence-electron chi connectivity index (χ0n) is 13.8. The van der Waals surface area contributed by atoms with Gasteiger partial charge in [0.1, 0.15) is 0 Å². The summed E-state index contributed by atoms with van der Waals surface area (Å²) in [6.07, 6.45) is 3.86. The number of hydrogen-bond donors (Lipinski definition) is 0. The van der Waals surface area contributed by atoms with Gasteiger partial charge < -0.3 is 4.57 Å². The number of rotatable bonds is 4. The molecule has 0 saturated carbocycles. The van der Waals surface area contributed by atoms with Gasteiger partial charge in [-0.3, -0.25) is 9.48 Å². The summed E-state index contributed by atoms with van der Waals surface area (Å²) in [6.45, 7) is 6.32. The fourth-order valence-corrected chi connectivity index (χ4v) is 3.97. The molecule has 0 N–H and O–H groups in total. The third-order valence-electron chi connectivity index (χ3n) is 3.73. The molecule has 0 bridgehead atoms. The monoisotopic (exact) mass is 358 g/mol. The van der Waals surface area contributed by atoms with E-state index in [2.05, 4.69) is 34.9 Å². The van der Waals surface area contributed by atoms with Gasteiger partial charge in [-0.15, -0.1) is 18.3 Å². The van der Waals surface area contributed by atoms with E-state index in [1.165, 1.54) is 16.2 Å². The van der Waals surface area contributed by atoms with Crippen molar-refractivity contribution >= 4 is 39.2 Å². The van der Waals surface area contributed by atoms with Crippen LogP contribution < -0.4 is 4.80 Å². The van der Waals surface area contributed by atoms with Gasteiger partial charge in [-0.1, -0.05) is 17.4 Å². The number of aromatic nitrogens is 3. The maximum absolute atomic E-state index is 12.5. The van der Waals surface area contributed by atoms with Gasteiger partial charge in [0.25, 0.3) is 5.91 Å². The van der Waals surface area contributed by atoms with Crippen LogP contribution in [0.1, 0.15) is 16.2 Å². The molecule has 1 aromatic carbocycles. The van der Waals surface area contributed by atoms with Crippen LogP contribution >= 0.6 is 23.1 Å². The summed E-state index contributed by atoms with van der Waals surface area (Å²) in [6, 6.07) is 8.02. The number of thioether (sulfide) groups is 1. The highest BCUT2D eigenvalue weighted by atomic mass is 32.2. The average molecular weight is 358 g/mol. The van der Waals surface area contributed by atoms with Gasteiger partial charge in [-0.05, 0) is 37.4 Å². The summed E-state index contributed by atoms with van der Waals surface area (Å²) >= 11 is 3.20. The number of fused-ring (bicyclic) bond motifs is 1. The number of amides is 1. The first kappa shape index (κ1) is 16.7. The van der Waals surface area contributed by atoms with Crippen LogP contribution in [0, 0.1) is 6.92 Å². The Labute approximate surface area is 148 Å². The molecule has 124 valence electrons. The van der Waals surface area contributed by atoms with Gasteiger partial charge in [0.05, 0.1) is 10.2 Å². The van der Waals surface area contributed by atoms with E-state index in [9.17, 15) is 4.79 Å². The molecule has 3 rings (SSSR count). The first-order valence-corrected chi connectivity index (χ1v) is 9.45. The minimum Gasteiger partial charge on any atom is -0.312 e. The van der Waals surface area contributed by atoms with E-state index in [4.69, 9.17) is 0 Å². The molecule has 0 fully saturated rings. The van der Waals surface area contributed by atoms with Crippen molar-refractivity contribution in [3.05, 3.63) is 53.1 Å². The largest absolute Gasteiger partial charge is 0.312 e. The predicted molar refractivity (Wildman–Crippen MR) is 99.6 cm³/mol. The van der Waals surface area contributed by atoms with Gasteiger partial charge in [-0.2, -0.15) is 10.1 Å². The fraction of sp³-hybridized carbons (Fsp3) is 0.235. The Morgan fingerprint density at radius 1 is 1.46 bits per heavy atom. The molecule has 2 heterocycles. The Bertz CT molecular complexity index is 974. The Morgan fingerprint density at radius 3 is 2.88 bits per heavy atom. The zero-order valence-corrected chi connectivity index (χ0v) is 15.4. The lowest BCUT2D eigenvalue weighted by Crippen LogP contribution is -2.16.